The second-order valence-corrected chi connectivity index (χ2v) is 4.50. The summed E-state index contributed by atoms with van der Waals surface area (Å²) >= 11 is 0. The second-order valence-electron chi connectivity index (χ2n) is 4.50. The van der Waals surface area contributed by atoms with Crippen molar-refractivity contribution >= 4 is 0 Å². The number of nitrogens with zero attached hydrogens (tertiary/aromatic N) is 1. The van der Waals surface area contributed by atoms with Crippen LogP contribution in [0.4, 0.5) is 0 Å². The maximum Gasteiger partial charge on any atom is 0.00644 e. The van der Waals surface area contributed by atoms with Crippen LogP contribution in [0, 0.1) is 5.92 Å². The standard InChI is InChI=1S/C12H27N/c1-6-8-9-13(10-11(3)4)12(5)7-2/h11-12H,6-10H2,1-5H3. The van der Waals surface area contributed by atoms with Crippen molar-refractivity contribution in [2.24, 2.45) is 5.92 Å². The zero-order valence-corrected chi connectivity index (χ0v) is 10.1. The highest BCUT2D eigenvalue weighted by Crippen LogP contribution is 2.08. The zero-order valence-electron chi connectivity index (χ0n) is 10.1. The van der Waals surface area contributed by atoms with E-state index in [4.69, 9.17) is 0 Å². The van der Waals surface area contributed by atoms with Crippen LogP contribution in [0.3, 0.4) is 0 Å². The molecule has 0 N–H and O–H groups in total. The van der Waals surface area contributed by atoms with Crippen molar-refractivity contribution < 1.29 is 0 Å². The van der Waals surface area contributed by atoms with Crippen molar-refractivity contribution in [1.82, 2.24) is 4.90 Å². The number of rotatable bonds is 7. The van der Waals surface area contributed by atoms with Crippen LogP contribution in [0.25, 0.3) is 0 Å². The van der Waals surface area contributed by atoms with Crippen molar-refractivity contribution in [3.8, 4) is 0 Å². The fourth-order valence-corrected chi connectivity index (χ4v) is 1.58. The van der Waals surface area contributed by atoms with Crippen LogP contribution in [0.1, 0.15) is 53.9 Å². The molecule has 0 aliphatic carbocycles. The lowest BCUT2D eigenvalue weighted by Gasteiger charge is -2.29. The van der Waals surface area contributed by atoms with Crippen LogP contribution in [0.15, 0.2) is 0 Å². The molecule has 0 heterocycles. The van der Waals surface area contributed by atoms with E-state index in [0.29, 0.717) is 0 Å². The van der Waals surface area contributed by atoms with Gasteiger partial charge in [0.1, 0.15) is 0 Å². The van der Waals surface area contributed by atoms with Gasteiger partial charge in [0.05, 0.1) is 0 Å². The normalized spacial score (nSPS) is 14.1. The van der Waals surface area contributed by atoms with E-state index in [1.165, 1.54) is 32.4 Å². The summed E-state index contributed by atoms with van der Waals surface area (Å²) in [7, 11) is 0. The Labute approximate surface area is 84.5 Å². The highest BCUT2D eigenvalue weighted by molar-refractivity contribution is 4.67. The number of hydrogen-bond acceptors (Lipinski definition) is 1. The van der Waals surface area contributed by atoms with Gasteiger partial charge in [0.2, 0.25) is 0 Å². The highest BCUT2D eigenvalue weighted by Gasteiger charge is 2.12. The van der Waals surface area contributed by atoms with Crippen molar-refractivity contribution in [3.63, 3.8) is 0 Å². The molecular weight excluding hydrogens is 158 g/mol. The lowest BCUT2D eigenvalue weighted by atomic mass is 10.1. The van der Waals surface area contributed by atoms with Gasteiger partial charge in [-0.2, -0.15) is 0 Å². The fraction of sp³-hybridized carbons (Fsp3) is 1.00. The minimum Gasteiger partial charge on any atom is -0.300 e. The molecule has 0 fully saturated rings. The fourth-order valence-electron chi connectivity index (χ4n) is 1.58. The van der Waals surface area contributed by atoms with E-state index < -0.39 is 0 Å². The number of unbranched alkanes of at least 4 members (excludes halogenated alkanes) is 1. The van der Waals surface area contributed by atoms with E-state index in [1.807, 2.05) is 0 Å². The SMILES string of the molecule is CCCCN(CC(C)C)C(C)CC. The van der Waals surface area contributed by atoms with Crippen LogP contribution in [0.2, 0.25) is 0 Å². The molecule has 1 nitrogen and oxygen atoms in total. The Hall–Kier alpha value is -0.0400. The average molecular weight is 185 g/mol. The Bertz CT molecular complexity index is 110. The topological polar surface area (TPSA) is 3.24 Å². The second kappa shape index (κ2) is 7.37. The maximum absolute atomic E-state index is 2.63. The molecule has 0 spiro atoms. The molecule has 13 heavy (non-hydrogen) atoms. The summed E-state index contributed by atoms with van der Waals surface area (Å²) < 4.78 is 0. The van der Waals surface area contributed by atoms with Crippen molar-refractivity contribution in [2.75, 3.05) is 13.1 Å². The molecule has 1 unspecified atom stereocenters. The summed E-state index contributed by atoms with van der Waals surface area (Å²) in [4.78, 5) is 2.63. The molecule has 0 rings (SSSR count). The highest BCUT2D eigenvalue weighted by atomic mass is 15.1. The third kappa shape index (κ3) is 6.09. The van der Waals surface area contributed by atoms with Gasteiger partial charge in [-0.05, 0) is 32.2 Å². The van der Waals surface area contributed by atoms with Gasteiger partial charge in [0.25, 0.3) is 0 Å². The smallest absolute Gasteiger partial charge is 0.00644 e. The molecule has 0 saturated heterocycles. The molecule has 0 bridgehead atoms. The Balaban J connectivity index is 3.87. The summed E-state index contributed by atoms with van der Waals surface area (Å²) in [6.07, 6.45) is 3.93. The molecule has 0 radical (unpaired) electrons. The first-order valence-electron chi connectivity index (χ1n) is 5.85. The van der Waals surface area contributed by atoms with Gasteiger partial charge in [-0.25, -0.2) is 0 Å². The molecule has 0 amide bonds. The molecule has 0 aromatic heterocycles. The average Bonchev–Trinajstić information content (AvgIpc) is 2.10. The maximum atomic E-state index is 2.63. The first-order valence-corrected chi connectivity index (χ1v) is 5.85. The molecular formula is C12H27N. The molecule has 0 saturated carbocycles. The molecule has 0 aromatic carbocycles. The monoisotopic (exact) mass is 185 g/mol. The molecule has 0 aromatic rings. The molecule has 0 aliphatic heterocycles. The summed E-state index contributed by atoms with van der Waals surface area (Å²) in [5.74, 6) is 0.797. The lowest BCUT2D eigenvalue weighted by molar-refractivity contribution is 0.179. The van der Waals surface area contributed by atoms with Gasteiger partial charge in [-0.1, -0.05) is 34.1 Å². The van der Waals surface area contributed by atoms with Crippen molar-refractivity contribution in [1.29, 1.82) is 0 Å². The summed E-state index contributed by atoms with van der Waals surface area (Å²) in [5, 5.41) is 0. The Morgan fingerprint density at radius 3 is 2.08 bits per heavy atom. The van der Waals surface area contributed by atoms with Crippen LogP contribution in [0.5, 0.6) is 0 Å². The van der Waals surface area contributed by atoms with Gasteiger partial charge in [-0.15, -0.1) is 0 Å². The lowest BCUT2D eigenvalue weighted by Crippen LogP contribution is -2.36. The van der Waals surface area contributed by atoms with Gasteiger partial charge in [0, 0.05) is 12.6 Å². The van der Waals surface area contributed by atoms with Crippen LogP contribution >= 0.6 is 0 Å². The van der Waals surface area contributed by atoms with E-state index in [1.54, 1.807) is 0 Å². The van der Waals surface area contributed by atoms with Crippen LogP contribution < -0.4 is 0 Å². The largest absolute Gasteiger partial charge is 0.300 e. The zero-order chi connectivity index (χ0) is 10.3. The number of hydrogen-bond donors (Lipinski definition) is 0. The quantitative estimate of drug-likeness (QED) is 0.586. The summed E-state index contributed by atoms with van der Waals surface area (Å²) in [5.41, 5.74) is 0. The predicted molar refractivity (Wildman–Crippen MR) is 61.1 cm³/mol. The molecule has 1 heteroatoms. The van der Waals surface area contributed by atoms with Gasteiger partial charge >= 0.3 is 0 Å². The van der Waals surface area contributed by atoms with Crippen molar-refractivity contribution in [3.05, 3.63) is 0 Å². The first-order chi connectivity index (χ1) is 6.11. The summed E-state index contributed by atoms with van der Waals surface area (Å²) in [6.45, 7) is 14.0. The first kappa shape index (κ1) is 13.0. The summed E-state index contributed by atoms with van der Waals surface area (Å²) in [6, 6.07) is 0.758. The van der Waals surface area contributed by atoms with Crippen molar-refractivity contribution in [2.45, 2.75) is 59.9 Å². The Morgan fingerprint density at radius 1 is 1.08 bits per heavy atom. The molecule has 0 aliphatic rings. The Morgan fingerprint density at radius 2 is 1.69 bits per heavy atom. The van der Waals surface area contributed by atoms with E-state index >= 15 is 0 Å². The molecule has 1 atom stereocenters. The van der Waals surface area contributed by atoms with Crippen LogP contribution in [-0.2, 0) is 0 Å². The van der Waals surface area contributed by atoms with E-state index in [-0.39, 0.29) is 0 Å². The predicted octanol–water partition coefficient (Wildman–Crippen LogP) is 3.54. The molecule has 80 valence electrons. The van der Waals surface area contributed by atoms with E-state index in [9.17, 15) is 0 Å². The third-order valence-corrected chi connectivity index (χ3v) is 2.61. The third-order valence-electron chi connectivity index (χ3n) is 2.61. The minimum atomic E-state index is 0.758. The minimum absolute atomic E-state index is 0.758. The van der Waals surface area contributed by atoms with Crippen LogP contribution in [-0.4, -0.2) is 24.0 Å². The van der Waals surface area contributed by atoms with Gasteiger partial charge in [-0.3, -0.25) is 0 Å². The van der Waals surface area contributed by atoms with Gasteiger partial charge < -0.3 is 4.90 Å². The Kier molecular flexibility index (Phi) is 7.35. The van der Waals surface area contributed by atoms with E-state index in [2.05, 4.69) is 39.5 Å². The van der Waals surface area contributed by atoms with E-state index in [0.717, 1.165) is 12.0 Å². The van der Waals surface area contributed by atoms with Gasteiger partial charge in [0.15, 0.2) is 0 Å².